The van der Waals surface area contributed by atoms with Crippen LogP contribution in [0, 0.1) is 6.92 Å². The zero-order valence-electron chi connectivity index (χ0n) is 13.2. The number of rotatable bonds is 4. The third-order valence-corrected chi connectivity index (χ3v) is 3.35. The molecular formula is C17H18ClN3O2. The van der Waals surface area contributed by atoms with Crippen molar-refractivity contribution in [1.29, 1.82) is 0 Å². The topological polar surface area (TPSA) is 71.1 Å². The van der Waals surface area contributed by atoms with Gasteiger partial charge in [0.25, 0.3) is 11.8 Å². The third-order valence-electron chi connectivity index (χ3n) is 3.12. The van der Waals surface area contributed by atoms with Crippen molar-refractivity contribution >= 4 is 29.1 Å². The molecule has 0 atom stereocenters. The van der Waals surface area contributed by atoms with Gasteiger partial charge < -0.3 is 10.6 Å². The van der Waals surface area contributed by atoms with E-state index in [1.807, 2.05) is 20.8 Å². The molecule has 1 aromatic heterocycles. The van der Waals surface area contributed by atoms with Gasteiger partial charge in [-0.15, -0.1) is 0 Å². The van der Waals surface area contributed by atoms with Crippen LogP contribution in [0.1, 0.15) is 40.1 Å². The molecule has 0 unspecified atom stereocenters. The van der Waals surface area contributed by atoms with Gasteiger partial charge >= 0.3 is 0 Å². The van der Waals surface area contributed by atoms with Crippen molar-refractivity contribution in [1.82, 2.24) is 10.3 Å². The van der Waals surface area contributed by atoms with Gasteiger partial charge in [-0.25, -0.2) is 0 Å². The number of aryl methyl sites for hydroxylation is 1. The zero-order chi connectivity index (χ0) is 17.0. The average molecular weight is 332 g/mol. The summed E-state index contributed by atoms with van der Waals surface area (Å²) in [6.07, 6.45) is 2.86. The van der Waals surface area contributed by atoms with Crippen LogP contribution < -0.4 is 10.6 Å². The predicted molar refractivity (Wildman–Crippen MR) is 91.0 cm³/mol. The quantitative estimate of drug-likeness (QED) is 0.901. The predicted octanol–water partition coefficient (Wildman–Crippen LogP) is 3.43. The average Bonchev–Trinajstić information content (AvgIpc) is 2.49. The molecule has 0 fully saturated rings. The molecule has 0 aliphatic heterocycles. The zero-order valence-corrected chi connectivity index (χ0v) is 13.9. The van der Waals surface area contributed by atoms with E-state index in [9.17, 15) is 9.59 Å². The summed E-state index contributed by atoms with van der Waals surface area (Å²) < 4.78 is 0. The van der Waals surface area contributed by atoms with Gasteiger partial charge in [0.05, 0.1) is 11.1 Å². The van der Waals surface area contributed by atoms with Crippen LogP contribution >= 0.6 is 11.6 Å². The summed E-state index contributed by atoms with van der Waals surface area (Å²) in [7, 11) is 0. The van der Waals surface area contributed by atoms with Crippen LogP contribution in [-0.2, 0) is 0 Å². The molecule has 0 saturated carbocycles. The normalized spacial score (nSPS) is 10.5. The van der Waals surface area contributed by atoms with Crippen LogP contribution in [0.3, 0.4) is 0 Å². The number of nitrogens with zero attached hydrogens (tertiary/aromatic N) is 1. The molecule has 2 N–H and O–H groups in total. The lowest BCUT2D eigenvalue weighted by atomic mass is 10.1. The van der Waals surface area contributed by atoms with E-state index in [1.54, 1.807) is 18.2 Å². The fraction of sp³-hybridized carbons (Fsp3) is 0.235. The van der Waals surface area contributed by atoms with Gasteiger partial charge in [-0.2, -0.15) is 0 Å². The first-order valence-electron chi connectivity index (χ1n) is 7.20. The monoisotopic (exact) mass is 331 g/mol. The van der Waals surface area contributed by atoms with Crippen LogP contribution in [0.15, 0.2) is 36.7 Å². The number of benzene rings is 1. The molecule has 2 aromatic rings. The lowest BCUT2D eigenvalue weighted by Crippen LogP contribution is -2.30. The first kappa shape index (κ1) is 17.0. The first-order chi connectivity index (χ1) is 10.9. The highest BCUT2D eigenvalue weighted by molar-refractivity contribution is 6.30. The van der Waals surface area contributed by atoms with Crippen molar-refractivity contribution in [3.05, 3.63) is 58.4 Å². The maximum atomic E-state index is 12.3. The molecule has 2 amide bonds. The van der Waals surface area contributed by atoms with E-state index in [0.717, 1.165) is 5.56 Å². The number of hydrogen-bond acceptors (Lipinski definition) is 3. The lowest BCUT2D eigenvalue weighted by Gasteiger charge is -2.10. The first-order valence-corrected chi connectivity index (χ1v) is 7.58. The number of pyridine rings is 1. The van der Waals surface area contributed by atoms with E-state index in [0.29, 0.717) is 21.8 Å². The largest absolute Gasteiger partial charge is 0.350 e. The van der Waals surface area contributed by atoms with E-state index in [1.165, 1.54) is 18.5 Å². The molecule has 0 aliphatic carbocycles. The molecule has 120 valence electrons. The van der Waals surface area contributed by atoms with Crippen LogP contribution in [0.4, 0.5) is 5.69 Å². The van der Waals surface area contributed by atoms with E-state index in [4.69, 9.17) is 11.6 Å². The van der Waals surface area contributed by atoms with Gasteiger partial charge in [-0.05, 0) is 50.6 Å². The number of amides is 2. The van der Waals surface area contributed by atoms with Crippen LogP contribution in [0.25, 0.3) is 0 Å². The third kappa shape index (κ3) is 4.53. The number of hydrogen-bond donors (Lipinski definition) is 2. The molecule has 5 nitrogen and oxygen atoms in total. The highest BCUT2D eigenvalue weighted by Gasteiger charge is 2.13. The molecule has 0 radical (unpaired) electrons. The highest BCUT2D eigenvalue weighted by atomic mass is 35.5. The molecule has 2 rings (SSSR count). The number of nitrogens with one attached hydrogen (secondary N) is 2. The Kier molecular flexibility index (Phi) is 5.34. The van der Waals surface area contributed by atoms with Gasteiger partial charge in [0.2, 0.25) is 0 Å². The molecular weight excluding hydrogens is 314 g/mol. The Morgan fingerprint density at radius 3 is 2.35 bits per heavy atom. The molecule has 0 spiro atoms. The Bertz CT molecular complexity index is 744. The maximum absolute atomic E-state index is 12.3. The van der Waals surface area contributed by atoms with E-state index >= 15 is 0 Å². The Balaban J connectivity index is 2.18. The minimum absolute atomic E-state index is 0.0108. The smallest absolute Gasteiger partial charge is 0.257 e. The van der Waals surface area contributed by atoms with Gasteiger partial charge in [-0.3, -0.25) is 14.6 Å². The van der Waals surface area contributed by atoms with E-state index in [-0.39, 0.29) is 17.9 Å². The number of anilines is 1. The van der Waals surface area contributed by atoms with Gasteiger partial charge in [0.15, 0.2) is 0 Å². The number of halogens is 1. The molecule has 6 heteroatoms. The van der Waals surface area contributed by atoms with Crippen molar-refractivity contribution in [3.63, 3.8) is 0 Å². The number of aromatic nitrogens is 1. The summed E-state index contributed by atoms with van der Waals surface area (Å²) in [4.78, 5) is 28.3. The molecule has 0 bridgehead atoms. The maximum Gasteiger partial charge on any atom is 0.257 e. The fourth-order valence-corrected chi connectivity index (χ4v) is 2.22. The summed E-state index contributed by atoms with van der Waals surface area (Å²) in [5.41, 5.74) is 2.18. The Morgan fingerprint density at radius 1 is 1.09 bits per heavy atom. The minimum atomic E-state index is -0.331. The van der Waals surface area contributed by atoms with E-state index in [2.05, 4.69) is 15.6 Å². The minimum Gasteiger partial charge on any atom is -0.350 e. The SMILES string of the molecule is Cc1cc(Cl)ccc1NC(=O)c1cncc(C(=O)NC(C)C)c1. The second-order valence-electron chi connectivity index (χ2n) is 5.50. The van der Waals surface area contributed by atoms with Crippen LogP contribution in [-0.4, -0.2) is 22.8 Å². The van der Waals surface area contributed by atoms with Crippen LogP contribution in [0.5, 0.6) is 0 Å². The Labute approximate surface area is 140 Å². The molecule has 1 heterocycles. The Hall–Kier alpha value is -2.40. The highest BCUT2D eigenvalue weighted by Crippen LogP contribution is 2.20. The van der Waals surface area contributed by atoms with Gasteiger partial charge in [0, 0.05) is 29.1 Å². The van der Waals surface area contributed by atoms with Crippen molar-refractivity contribution in [2.24, 2.45) is 0 Å². The molecule has 1 aromatic carbocycles. The number of carbonyl (C=O) groups is 2. The van der Waals surface area contributed by atoms with Crippen molar-refractivity contribution in [3.8, 4) is 0 Å². The van der Waals surface area contributed by atoms with Gasteiger partial charge in [-0.1, -0.05) is 11.6 Å². The molecule has 0 saturated heterocycles. The van der Waals surface area contributed by atoms with Gasteiger partial charge in [0.1, 0.15) is 0 Å². The van der Waals surface area contributed by atoms with Crippen LogP contribution in [0.2, 0.25) is 5.02 Å². The van der Waals surface area contributed by atoms with E-state index < -0.39 is 0 Å². The number of carbonyl (C=O) groups excluding carboxylic acids is 2. The standard InChI is InChI=1S/C17H18ClN3O2/c1-10(2)20-16(22)12-7-13(9-19-8-12)17(23)21-15-5-4-14(18)6-11(15)3/h4-10H,1-3H3,(H,20,22)(H,21,23). The van der Waals surface area contributed by atoms with Crippen molar-refractivity contribution in [2.75, 3.05) is 5.32 Å². The molecule has 0 aliphatic rings. The second kappa shape index (κ2) is 7.24. The van der Waals surface area contributed by atoms with Crippen molar-refractivity contribution in [2.45, 2.75) is 26.8 Å². The summed E-state index contributed by atoms with van der Waals surface area (Å²) >= 11 is 5.90. The summed E-state index contributed by atoms with van der Waals surface area (Å²) in [6, 6.07) is 6.73. The summed E-state index contributed by atoms with van der Waals surface area (Å²) in [5, 5.41) is 6.16. The van der Waals surface area contributed by atoms with Crippen molar-refractivity contribution < 1.29 is 9.59 Å². The lowest BCUT2D eigenvalue weighted by molar-refractivity contribution is 0.0942. The second-order valence-corrected chi connectivity index (χ2v) is 5.94. The Morgan fingerprint density at radius 2 is 1.74 bits per heavy atom. The summed E-state index contributed by atoms with van der Waals surface area (Å²) in [5.74, 6) is -0.591. The summed E-state index contributed by atoms with van der Waals surface area (Å²) in [6.45, 7) is 5.59. The fourth-order valence-electron chi connectivity index (χ4n) is 2.00. The molecule has 23 heavy (non-hydrogen) atoms.